The summed E-state index contributed by atoms with van der Waals surface area (Å²) < 4.78 is 38.7. The second kappa shape index (κ2) is 6.09. The highest BCUT2D eigenvalue weighted by atomic mass is 19.2. The summed E-state index contributed by atoms with van der Waals surface area (Å²) in [5, 5.41) is 11.2. The molecule has 2 N–H and O–H groups in total. The monoisotopic (exact) mass is 259 g/mol. The van der Waals surface area contributed by atoms with Gasteiger partial charge in [-0.05, 0) is 6.42 Å². The van der Waals surface area contributed by atoms with E-state index in [4.69, 9.17) is 5.11 Å². The molecule has 6 heteroatoms. The molecule has 0 aliphatic rings. The molecule has 0 spiro atoms. The summed E-state index contributed by atoms with van der Waals surface area (Å²) >= 11 is 0. The molecule has 0 amide bonds. The van der Waals surface area contributed by atoms with E-state index in [0.717, 1.165) is 0 Å². The predicted molar refractivity (Wildman–Crippen MR) is 60.8 cm³/mol. The van der Waals surface area contributed by atoms with Crippen LogP contribution in [0.15, 0.2) is 23.8 Å². The minimum Gasteiger partial charge on any atom is -0.478 e. The van der Waals surface area contributed by atoms with Crippen molar-refractivity contribution in [3.63, 3.8) is 0 Å². The smallest absolute Gasteiger partial charge is 0.331 e. The Morgan fingerprint density at radius 1 is 1.28 bits per heavy atom. The van der Waals surface area contributed by atoms with E-state index in [9.17, 15) is 18.0 Å². The fraction of sp³-hybridized carbons (Fsp3) is 0.250. The molecular weight excluding hydrogens is 247 g/mol. The van der Waals surface area contributed by atoms with Crippen LogP contribution in [0.1, 0.15) is 13.3 Å². The molecule has 0 unspecified atom stereocenters. The average molecular weight is 259 g/mol. The van der Waals surface area contributed by atoms with E-state index in [1.807, 2.05) is 0 Å². The Labute approximate surface area is 102 Å². The van der Waals surface area contributed by atoms with Gasteiger partial charge in [-0.25, -0.2) is 18.0 Å². The van der Waals surface area contributed by atoms with Crippen LogP contribution >= 0.6 is 0 Å². The number of halogens is 3. The predicted octanol–water partition coefficient (Wildman–Crippen LogP) is 2.94. The third-order valence-electron chi connectivity index (χ3n) is 2.31. The molecule has 0 saturated carbocycles. The van der Waals surface area contributed by atoms with Crippen molar-refractivity contribution in [3.05, 3.63) is 41.2 Å². The molecule has 1 aromatic rings. The largest absolute Gasteiger partial charge is 0.478 e. The van der Waals surface area contributed by atoms with Crippen molar-refractivity contribution >= 4 is 11.7 Å². The molecule has 0 radical (unpaired) electrons. The number of hydrogen-bond donors (Lipinski definition) is 2. The van der Waals surface area contributed by atoms with Crippen LogP contribution in [0.2, 0.25) is 0 Å². The molecule has 3 nitrogen and oxygen atoms in total. The fourth-order valence-corrected chi connectivity index (χ4v) is 1.33. The Kier molecular flexibility index (Phi) is 4.76. The Balaban J connectivity index is 2.75. The Bertz CT molecular complexity index is 486. The number of nitrogens with one attached hydrogen (secondary N) is 1. The number of benzene rings is 1. The van der Waals surface area contributed by atoms with Crippen LogP contribution < -0.4 is 5.32 Å². The van der Waals surface area contributed by atoms with E-state index < -0.39 is 23.4 Å². The minimum atomic E-state index is -1.27. The van der Waals surface area contributed by atoms with Crippen LogP contribution in [0, 0.1) is 17.5 Å². The maximum absolute atomic E-state index is 13.2. The van der Waals surface area contributed by atoms with Crippen molar-refractivity contribution < 1.29 is 23.1 Å². The summed E-state index contributed by atoms with van der Waals surface area (Å²) in [6.07, 6.45) is 1.67. The van der Waals surface area contributed by atoms with Gasteiger partial charge >= 0.3 is 5.97 Å². The molecule has 0 aromatic heterocycles. The van der Waals surface area contributed by atoms with Gasteiger partial charge < -0.3 is 10.4 Å². The number of rotatable bonds is 5. The Hall–Kier alpha value is -1.98. The first-order chi connectivity index (χ1) is 8.45. The van der Waals surface area contributed by atoms with Crippen molar-refractivity contribution in [2.24, 2.45) is 0 Å². The van der Waals surface area contributed by atoms with Gasteiger partial charge in [0, 0.05) is 24.3 Å². The molecule has 98 valence electrons. The quantitative estimate of drug-likeness (QED) is 0.631. The Morgan fingerprint density at radius 2 is 1.89 bits per heavy atom. The minimum absolute atomic E-state index is 0.0114. The molecule has 18 heavy (non-hydrogen) atoms. The normalized spacial score (nSPS) is 11.4. The van der Waals surface area contributed by atoms with Gasteiger partial charge in [-0.2, -0.15) is 0 Å². The summed E-state index contributed by atoms with van der Waals surface area (Å²) in [6.45, 7) is 1.68. The number of aliphatic carboxylic acids is 1. The lowest BCUT2D eigenvalue weighted by Gasteiger charge is -2.06. The van der Waals surface area contributed by atoms with E-state index in [-0.39, 0.29) is 17.8 Å². The van der Waals surface area contributed by atoms with Gasteiger partial charge in [-0.15, -0.1) is 0 Å². The van der Waals surface area contributed by atoms with Crippen LogP contribution in [0.5, 0.6) is 0 Å². The molecule has 0 atom stereocenters. The van der Waals surface area contributed by atoms with Crippen molar-refractivity contribution in [2.75, 3.05) is 11.9 Å². The van der Waals surface area contributed by atoms with E-state index in [1.165, 1.54) is 6.08 Å². The topological polar surface area (TPSA) is 49.3 Å². The maximum atomic E-state index is 13.2. The van der Waals surface area contributed by atoms with Crippen LogP contribution in [0.4, 0.5) is 18.9 Å². The fourth-order valence-electron chi connectivity index (χ4n) is 1.33. The molecule has 0 bridgehead atoms. The van der Waals surface area contributed by atoms with Crippen LogP contribution in [0.3, 0.4) is 0 Å². The number of carbonyl (C=O) groups is 1. The molecular formula is C12H12F3NO2. The molecule has 0 heterocycles. The lowest BCUT2D eigenvalue weighted by atomic mass is 10.2. The second-order valence-corrected chi connectivity index (χ2v) is 3.52. The zero-order valence-electron chi connectivity index (χ0n) is 9.64. The van der Waals surface area contributed by atoms with Crippen molar-refractivity contribution in [1.82, 2.24) is 0 Å². The summed E-state index contributed by atoms with van der Waals surface area (Å²) in [7, 11) is 0. The first-order valence-corrected chi connectivity index (χ1v) is 5.26. The Morgan fingerprint density at radius 3 is 2.44 bits per heavy atom. The first-order valence-electron chi connectivity index (χ1n) is 5.26. The van der Waals surface area contributed by atoms with Gasteiger partial charge in [-0.3, -0.25) is 0 Å². The van der Waals surface area contributed by atoms with Crippen LogP contribution in [0.25, 0.3) is 0 Å². The van der Waals surface area contributed by atoms with Crippen LogP contribution in [-0.2, 0) is 4.79 Å². The maximum Gasteiger partial charge on any atom is 0.331 e. The van der Waals surface area contributed by atoms with Crippen molar-refractivity contribution in [2.45, 2.75) is 13.3 Å². The number of hydrogen-bond acceptors (Lipinski definition) is 2. The zero-order chi connectivity index (χ0) is 13.7. The van der Waals surface area contributed by atoms with Gasteiger partial charge in [-0.1, -0.05) is 13.0 Å². The first kappa shape index (κ1) is 14.1. The number of carboxylic acid groups (broad SMARTS) is 1. The highest BCUT2D eigenvalue weighted by molar-refractivity contribution is 5.86. The molecule has 1 rings (SSSR count). The molecule has 0 fully saturated rings. The molecule has 0 aliphatic heterocycles. The molecule has 1 aromatic carbocycles. The average Bonchev–Trinajstić information content (AvgIpc) is 2.30. The molecule has 0 aliphatic carbocycles. The van der Waals surface area contributed by atoms with E-state index >= 15 is 0 Å². The van der Waals surface area contributed by atoms with Gasteiger partial charge in [0.2, 0.25) is 0 Å². The lowest BCUT2D eigenvalue weighted by molar-refractivity contribution is -0.132. The SMILES string of the molecule is CC/C(=C/CNc1cc(F)c(F)cc1F)C(=O)O. The van der Waals surface area contributed by atoms with Gasteiger partial charge in [0.05, 0.1) is 5.69 Å². The van der Waals surface area contributed by atoms with Crippen molar-refractivity contribution in [3.8, 4) is 0 Å². The highest BCUT2D eigenvalue weighted by Crippen LogP contribution is 2.18. The summed E-state index contributed by atoms with van der Waals surface area (Å²) in [4.78, 5) is 10.7. The third-order valence-corrected chi connectivity index (χ3v) is 2.31. The van der Waals surface area contributed by atoms with Gasteiger partial charge in [0.25, 0.3) is 0 Å². The molecule has 0 saturated heterocycles. The second-order valence-electron chi connectivity index (χ2n) is 3.52. The highest BCUT2D eigenvalue weighted by Gasteiger charge is 2.09. The summed E-state index contributed by atoms with van der Waals surface area (Å²) in [5.74, 6) is -4.44. The van der Waals surface area contributed by atoms with E-state index in [0.29, 0.717) is 18.6 Å². The summed E-state index contributed by atoms with van der Waals surface area (Å²) in [6, 6.07) is 1.12. The third kappa shape index (κ3) is 3.51. The zero-order valence-corrected chi connectivity index (χ0v) is 9.64. The number of anilines is 1. The summed E-state index contributed by atoms with van der Waals surface area (Å²) in [5.41, 5.74) is -0.0588. The number of carboxylic acids is 1. The van der Waals surface area contributed by atoms with E-state index in [1.54, 1.807) is 6.92 Å². The lowest BCUT2D eigenvalue weighted by Crippen LogP contribution is -2.06. The van der Waals surface area contributed by atoms with E-state index in [2.05, 4.69) is 5.32 Å². The van der Waals surface area contributed by atoms with Gasteiger partial charge in [0.15, 0.2) is 11.6 Å². The van der Waals surface area contributed by atoms with Crippen LogP contribution in [-0.4, -0.2) is 17.6 Å². The standard InChI is InChI=1S/C12H12F3NO2/c1-2-7(12(17)18)3-4-16-11-6-9(14)8(13)5-10(11)15/h3,5-6,16H,2,4H2,1H3,(H,17,18)/b7-3-. The van der Waals surface area contributed by atoms with Gasteiger partial charge in [0.1, 0.15) is 5.82 Å². The van der Waals surface area contributed by atoms with Crippen molar-refractivity contribution in [1.29, 1.82) is 0 Å².